The van der Waals surface area contributed by atoms with Crippen molar-refractivity contribution < 1.29 is 22.3 Å². The number of nitrogens with zero attached hydrogens (tertiary/aromatic N) is 2. The summed E-state index contributed by atoms with van der Waals surface area (Å²) in [6.07, 6.45) is -1.49. The molecule has 0 spiro atoms. The third kappa shape index (κ3) is 3.67. The van der Waals surface area contributed by atoms with Gasteiger partial charge in [0.15, 0.2) is 0 Å². The Morgan fingerprint density at radius 3 is 2.64 bits per heavy atom. The molecule has 2 saturated heterocycles. The van der Waals surface area contributed by atoms with Crippen LogP contribution in [0, 0.1) is 6.92 Å². The monoisotopic (exact) mass is 390 g/mol. The molecule has 25 heavy (non-hydrogen) atoms. The molecule has 2 heterocycles. The molecule has 6 nitrogen and oxygen atoms in total. The highest BCUT2D eigenvalue weighted by molar-refractivity contribution is 7.89. The molecule has 138 valence electrons. The number of carbonyl (C=O) groups is 1. The quantitative estimate of drug-likeness (QED) is 0.786. The Labute approximate surface area is 151 Å². The van der Waals surface area contributed by atoms with Crippen LogP contribution < -0.4 is 0 Å². The van der Waals surface area contributed by atoms with Gasteiger partial charge in [-0.15, -0.1) is 0 Å². The minimum absolute atomic E-state index is 0.0169. The van der Waals surface area contributed by atoms with E-state index in [-0.39, 0.29) is 23.8 Å². The molecule has 2 aliphatic rings. The Morgan fingerprint density at radius 1 is 1.32 bits per heavy atom. The molecule has 0 unspecified atom stereocenters. The van der Waals surface area contributed by atoms with Crippen molar-refractivity contribution >= 4 is 27.5 Å². The topological polar surface area (TPSA) is 66.9 Å². The average Bonchev–Trinajstić information content (AvgIpc) is 3.00. The Morgan fingerprint density at radius 2 is 2.00 bits per heavy atom. The molecule has 2 fully saturated rings. The fraction of sp³-hybridized carbons (Fsp3) is 0.562. The molecule has 3 rings (SSSR count). The highest BCUT2D eigenvalue weighted by Crippen LogP contribution is 2.30. The van der Waals surface area contributed by atoms with Crippen molar-refractivity contribution in [2.24, 2.45) is 0 Å². The molecule has 1 amide bonds. The van der Waals surface area contributed by atoms with Gasteiger partial charge < -0.3 is 9.64 Å². The third-order valence-corrected chi connectivity index (χ3v) is 6.84. The molecule has 0 bridgehead atoms. The molecule has 2 atom stereocenters. The van der Waals surface area contributed by atoms with Crippen LogP contribution in [-0.4, -0.2) is 68.6 Å². The summed E-state index contributed by atoms with van der Waals surface area (Å²) in [4.78, 5) is 14.3. The van der Waals surface area contributed by atoms with Gasteiger partial charge in [0.05, 0.1) is 18.1 Å². The first-order chi connectivity index (χ1) is 11.8. The van der Waals surface area contributed by atoms with Gasteiger partial charge in [0.2, 0.25) is 15.9 Å². The summed E-state index contributed by atoms with van der Waals surface area (Å²) in [7, 11) is -3.99. The number of morpholine rings is 1. The second-order valence-corrected chi connectivity index (χ2v) is 8.57. The third-order valence-electron chi connectivity index (χ3n) is 4.55. The average molecular weight is 391 g/mol. The highest BCUT2D eigenvalue weighted by Gasteiger charge is 2.45. The lowest BCUT2D eigenvalue weighted by Gasteiger charge is -2.32. The van der Waals surface area contributed by atoms with E-state index in [0.29, 0.717) is 36.9 Å². The molecular formula is C16H20ClFN2O4S. The Balaban J connectivity index is 1.89. The van der Waals surface area contributed by atoms with Crippen molar-refractivity contribution in [3.05, 3.63) is 28.8 Å². The Hall–Kier alpha value is -1.22. The van der Waals surface area contributed by atoms with Gasteiger partial charge in [0, 0.05) is 31.1 Å². The van der Waals surface area contributed by atoms with Crippen LogP contribution in [0.5, 0.6) is 0 Å². The van der Waals surface area contributed by atoms with E-state index in [9.17, 15) is 17.6 Å². The van der Waals surface area contributed by atoms with Crippen LogP contribution in [0.3, 0.4) is 0 Å². The number of amides is 1. The summed E-state index contributed by atoms with van der Waals surface area (Å²) in [6, 6.07) is 3.30. The number of halogens is 2. The lowest BCUT2D eigenvalue weighted by molar-refractivity contribution is -0.138. The summed E-state index contributed by atoms with van der Waals surface area (Å²) >= 11 is 5.95. The first kappa shape index (κ1) is 18.6. The van der Waals surface area contributed by atoms with Gasteiger partial charge >= 0.3 is 0 Å². The van der Waals surface area contributed by atoms with Crippen LogP contribution in [0.2, 0.25) is 5.02 Å². The standard InChI is InChI=1S/C16H20ClFN2O4S/c1-11-8-13(2-3-14(11)17)25(22,23)20-10-12(18)9-15(20)16(21)19-4-6-24-7-5-19/h2-3,8,12,15H,4-7,9-10H2,1H3/t12-,15-/m1/s1. The molecule has 0 aliphatic carbocycles. The zero-order valence-corrected chi connectivity index (χ0v) is 15.4. The molecular weight excluding hydrogens is 371 g/mol. The fourth-order valence-corrected chi connectivity index (χ4v) is 4.98. The number of benzene rings is 1. The second kappa shape index (κ2) is 7.19. The molecule has 1 aromatic carbocycles. The van der Waals surface area contributed by atoms with Crippen LogP contribution in [-0.2, 0) is 19.6 Å². The number of aryl methyl sites for hydroxylation is 1. The lowest BCUT2D eigenvalue weighted by Crippen LogP contribution is -2.50. The van der Waals surface area contributed by atoms with E-state index in [2.05, 4.69) is 0 Å². The SMILES string of the molecule is Cc1cc(S(=O)(=O)N2C[C@H](F)C[C@@H]2C(=O)N2CCOCC2)ccc1Cl. The first-order valence-electron chi connectivity index (χ1n) is 8.09. The van der Waals surface area contributed by atoms with Crippen molar-refractivity contribution in [1.82, 2.24) is 9.21 Å². The van der Waals surface area contributed by atoms with Crippen molar-refractivity contribution in [1.29, 1.82) is 0 Å². The highest BCUT2D eigenvalue weighted by atomic mass is 35.5. The molecule has 0 saturated carbocycles. The first-order valence-corrected chi connectivity index (χ1v) is 9.91. The van der Waals surface area contributed by atoms with Crippen molar-refractivity contribution in [2.45, 2.75) is 30.5 Å². The van der Waals surface area contributed by atoms with Crippen LogP contribution in [0.25, 0.3) is 0 Å². The minimum atomic E-state index is -3.99. The maximum atomic E-state index is 14.0. The summed E-state index contributed by atoms with van der Waals surface area (Å²) in [5, 5.41) is 0.449. The maximum Gasteiger partial charge on any atom is 0.243 e. The van der Waals surface area contributed by atoms with Crippen molar-refractivity contribution in [3.63, 3.8) is 0 Å². The molecule has 9 heteroatoms. The van der Waals surface area contributed by atoms with Crippen LogP contribution >= 0.6 is 11.6 Å². The summed E-state index contributed by atoms with van der Waals surface area (Å²) < 4.78 is 46.1. The predicted molar refractivity (Wildman–Crippen MR) is 90.8 cm³/mol. The Kier molecular flexibility index (Phi) is 5.34. The smallest absolute Gasteiger partial charge is 0.243 e. The summed E-state index contributed by atoms with van der Waals surface area (Å²) in [6.45, 7) is 2.96. The molecule has 2 aliphatic heterocycles. The zero-order chi connectivity index (χ0) is 18.2. The molecule has 1 aromatic rings. The molecule has 0 N–H and O–H groups in total. The van der Waals surface area contributed by atoms with Crippen LogP contribution in [0.15, 0.2) is 23.1 Å². The number of carbonyl (C=O) groups excluding carboxylic acids is 1. The van der Waals surface area contributed by atoms with E-state index in [1.54, 1.807) is 11.8 Å². The minimum Gasteiger partial charge on any atom is -0.378 e. The van der Waals surface area contributed by atoms with E-state index < -0.39 is 22.2 Å². The Bertz CT molecular complexity index is 767. The van der Waals surface area contributed by atoms with E-state index in [1.165, 1.54) is 18.2 Å². The van der Waals surface area contributed by atoms with Gasteiger partial charge in [-0.3, -0.25) is 4.79 Å². The van der Waals surface area contributed by atoms with Gasteiger partial charge in [-0.2, -0.15) is 4.31 Å². The van der Waals surface area contributed by atoms with Crippen molar-refractivity contribution in [2.75, 3.05) is 32.8 Å². The number of ether oxygens (including phenoxy) is 1. The van der Waals surface area contributed by atoms with E-state index in [1.807, 2.05) is 0 Å². The number of sulfonamides is 1. The van der Waals surface area contributed by atoms with Gasteiger partial charge in [0.1, 0.15) is 12.2 Å². The normalized spacial score (nSPS) is 25.3. The number of alkyl halides is 1. The maximum absolute atomic E-state index is 14.0. The second-order valence-electron chi connectivity index (χ2n) is 6.27. The van der Waals surface area contributed by atoms with E-state index >= 15 is 0 Å². The zero-order valence-electron chi connectivity index (χ0n) is 13.8. The van der Waals surface area contributed by atoms with Crippen LogP contribution in [0.1, 0.15) is 12.0 Å². The molecule has 0 radical (unpaired) electrons. The van der Waals surface area contributed by atoms with E-state index in [4.69, 9.17) is 16.3 Å². The van der Waals surface area contributed by atoms with Gasteiger partial charge in [0.25, 0.3) is 0 Å². The number of hydrogen-bond acceptors (Lipinski definition) is 4. The number of hydrogen-bond donors (Lipinski definition) is 0. The fourth-order valence-electron chi connectivity index (χ4n) is 3.15. The largest absolute Gasteiger partial charge is 0.378 e. The lowest BCUT2D eigenvalue weighted by atomic mass is 10.2. The van der Waals surface area contributed by atoms with Gasteiger partial charge in [-0.25, -0.2) is 12.8 Å². The summed E-state index contributed by atoms with van der Waals surface area (Å²) in [5.41, 5.74) is 0.606. The van der Waals surface area contributed by atoms with Gasteiger partial charge in [-0.1, -0.05) is 11.6 Å². The molecule has 0 aromatic heterocycles. The van der Waals surface area contributed by atoms with Gasteiger partial charge in [-0.05, 0) is 30.7 Å². The van der Waals surface area contributed by atoms with E-state index in [0.717, 1.165) is 4.31 Å². The predicted octanol–water partition coefficient (Wildman–Crippen LogP) is 1.61. The number of rotatable bonds is 3. The summed E-state index contributed by atoms with van der Waals surface area (Å²) in [5.74, 6) is -0.363. The van der Waals surface area contributed by atoms with Crippen LogP contribution in [0.4, 0.5) is 4.39 Å². The van der Waals surface area contributed by atoms with Crippen molar-refractivity contribution in [3.8, 4) is 0 Å².